The second-order valence-electron chi connectivity index (χ2n) is 8.17. The maximum absolute atomic E-state index is 13.2. The molecule has 1 heterocycles. The van der Waals surface area contributed by atoms with Crippen LogP contribution in [0.3, 0.4) is 0 Å². The lowest BCUT2D eigenvalue weighted by Crippen LogP contribution is -2.45. The first-order valence-electron chi connectivity index (χ1n) is 10.8. The Bertz CT molecular complexity index is 1300. The molecule has 0 spiro atoms. The van der Waals surface area contributed by atoms with Crippen molar-refractivity contribution in [3.63, 3.8) is 0 Å². The van der Waals surface area contributed by atoms with Crippen molar-refractivity contribution < 1.29 is 19.4 Å². The number of rotatable bonds is 6. The van der Waals surface area contributed by atoms with Crippen molar-refractivity contribution in [2.45, 2.75) is 24.9 Å². The lowest BCUT2D eigenvalue weighted by molar-refractivity contribution is -0.138. The molecule has 0 unspecified atom stereocenters. The smallest absolute Gasteiger partial charge is 0.410 e. The molecule has 3 aromatic carbocycles. The molecular weight excluding hydrogens is 434 g/mol. The Balaban J connectivity index is 1.63. The average Bonchev–Trinajstić information content (AvgIpc) is 3.38. The van der Waals surface area contributed by atoms with Gasteiger partial charge in [-0.1, -0.05) is 66.7 Å². The predicted molar refractivity (Wildman–Crippen MR) is 130 cm³/mol. The van der Waals surface area contributed by atoms with Crippen molar-refractivity contribution >= 4 is 33.5 Å². The number of hydrogen-bond acceptors (Lipinski definition) is 4. The maximum Gasteiger partial charge on any atom is 0.410 e. The summed E-state index contributed by atoms with van der Waals surface area (Å²) in [5.41, 5.74) is 5.11. The number of carboxylic acid groups (broad SMARTS) is 1. The first kappa shape index (κ1) is 21.2. The number of carbonyl (C=O) groups is 2. The summed E-state index contributed by atoms with van der Waals surface area (Å²) in [6.45, 7) is 0. The molecular formula is C27H23NO4S. The number of aliphatic carboxylic acids is 1. The fourth-order valence-electron chi connectivity index (χ4n) is 4.91. The van der Waals surface area contributed by atoms with Gasteiger partial charge in [0, 0.05) is 4.70 Å². The third kappa shape index (κ3) is 3.76. The molecule has 5 rings (SSSR count). The fraction of sp³-hybridized carbons (Fsp3) is 0.185. The standard InChI is InChI=1S/C27H23NO4S/c1-32-27(31)28(26-22-11-4-2-9-20(22)21-10-3-5-12-23(21)26)18(15-25(29)30)14-17-16-33-24-13-7-6-8-19(17)24/h2-13,16,18,26H,14-15H2,1H3,(H,29,30)/t18-/m1/s1. The highest BCUT2D eigenvalue weighted by molar-refractivity contribution is 7.17. The molecule has 0 bridgehead atoms. The van der Waals surface area contributed by atoms with Gasteiger partial charge < -0.3 is 9.84 Å². The molecule has 33 heavy (non-hydrogen) atoms. The van der Waals surface area contributed by atoms with Gasteiger partial charge >= 0.3 is 12.1 Å². The zero-order chi connectivity index (χ0) is 22.9. The molecule has 1 atom stereocenters. The van der Waals surface area contributed by atoms with E-state index < -0.39 is 24.1 Å². The van der Waals surface area contributed by atoms with Crippen molar-refractivity contribution in [1.82, 2.24) is 4.90 Å². The van der Waals surface area contributed by atoms with E-state index in [1.54, 1.807) is 16.2 Å². The van der Waals surface area contributed by atoms with Gasteiger partial charge in [0.2, 0.25) is 0 Å². The third-order valence-corrected chi connectivity index (χ3v) is 7.30. The Morgan fingerprint density at radius 3 is 2.21 bits per heavy atom. The van der Waals surface area contributed by atoms with Gasteiger partial charge in [0.15, 0.2) is 0 Å². The van der Waals surface area contributed by atoms with E-state index in [0.717, 1.165) is 37.9 Å². The summed E-state index contributed by atoms with van der Waals surface area (Å²) >= 11 is 1.63. The van der Waals surface area contributed by atoms with E-state index in [1.807, 2.05) is 66.7 Å². The van der Waals surface area contributed by atoms with Crippen LogP contribution in [0.25, 0.3) is 21.2 Å². The summed E-state index contributed by atoms with van der Waals surface area (Å²) in [4.78, 5) is 26.8. The first-order chi connectivity index (χ1) is 16.1. The van der Waals surface area contributed by atoms with Crippen LogP contribution in [-0.2, 0) is 16.0 Å². The fourth-order valence-corrected chi connectivity index (χ4v) is 5.89. The predicted octanol–water partition coefficient (Wildman–Crippen LogP) is 6.13. The molecule has 6 heteroatoms. The third-order valence-electron chi connectivity index (χ3n) is 6.28. The summed E-state index contributed by atoms with van der Waals surface area (Å²) in [5, 5.41) is 12.9. The van der Waals surface area contributed by atoms with Crippen molar-refractivity contribution in [3.05, 3.63) is 94.9 Å². The number of amides is 1. The summed E-state index contributed by atoms with van der Waals surface area (Å²) in [6.07, 6.45) is -0.288. The monoisotopic (exact) mass is 457 g/mol. The summed E-state index contributed by atoms with van der Waals surface area (Å²) in [7, 11) is 1.35. The second kappa shape index (κ2) is 8.71. The maximum atomic E-state index is 13.2. The lowest BCUT2D eigenvalue weighted by atomic mass is 9.96. The Morgan fingerprint density at radius 1 is 0.970 bits per heavy atom. The first-order valence-corrected chi connectivity index (χ1v) is 11.7. The number of hydrogen-bond donors (Lipinski definition) is 1. The molecule has 0 aliphatic heterocycles. The molecule has 0 radical (unpaired) electrons. The topological polar surface area (TPSA) is 66.8 Å². The molecule has 4 aromatic rings. The molecule has 0 saturated carbocycles. The number of carboxylic acids is 1. The van der Waals surface area contributed by atoms with Crippen LogP contribution in [0.5, 0.6) is 0 Å². The SMILES string of the molecule is COC(=O)N(C1c2ccccc2-c2ccccc21)[C@@H](CC(=O)O)Cc1csc2ccccc12. The van der Waals surface area contributed by atoms with Gasteiger partial charge in [0.05, 0.1) is 25.6 Å². The van der Waals surface area contributed by atoms with Gasteiger partial charge in [-0.15, -0.1) is 11.3 Å². The number of benzene rings is 3. The average molecular weight is 458 g/mol. The molecule has 1 aromatic heterocycles. The van der Waals surface area contributed by atoms with Gasteiger partial charge in [-0.2, -0.15) is 0 Å². The van der Waals surface area contributed by atoms with E-state index in [9.17, 15) is 14.7 Å². The molecule has 1 N–H and O–H groups in total. The van der Waals surface area contributed by atoms with Crippen molar-refractivity contribution in [2.75, 3.05) is 7.11 Å². The van der Waals surface area contributed by atoms with E-state index in [4.69, 9.17) is 4.74 Å². The van der Waals surface area contributed by atoms with Crippen LogP contribution in [0.1, 0.15) is 29.2 Å². The highest BCUT2D eigenvalue weighted by atomic mass is 32.1. The number of nitrogens with zero attached hydrogens (tertiary/aromatic N) is 1. The molecule has 0 fully saturated rings. The van der Waals surface area contributed by atoms with Gasteiger partial charge in [-0.3, -0.25) is 9.69 Å². The number of fused-ring (bicyclic) bond motifs is 4. The van der Waals surface area contributed by atoms with Crippen LogP contribution in [-0.4, -0.2) is 35.2 Å². The molecule has 166 valence electrons. The Hall–Kier alpha value is -3.64. The van der Waals surface area contributed by atoms with Crippen LogP contribution >= 0.6 is 11.3 Å². The lowest BCUT2D eigenvalue weighted by Gasteiger charge is -2.36. The van der Waals surface area contributed by atoms with Crippen LogP contribution in [0, 0.1) is 0 Å². The summed E-state index contributed by atoms with van der Waals surface area (Å²) in [6, 6.07) is 23.0. The van der Waals surface area contributed by atoms with Crippen molar-refractivity contribution in [1.29, 1.82) is 0 Å². The highest BCUT2D eigenvalue weighted by Crippen LogP contribution is 2.47. The van der Waals surface area contributed by atoms with E-state index >= 15 is 0 Å². The Morgan fingerprint density at radius 2 is 1.58 bits per heavy atom. The normalized spacial score (nSPS) is 13.4. The zero-order valence-corrected chi connectivity index (χ0v) is 18.9. The molecule has 0 saturated heterocycles. The van der Waals surface area contributed by atoms with Crippen LogP contribution in [0.4, 0.5) is 4.79 Å². The molecule has 1 aliphatic rings. The number of methoxy groups -OCH3 is 1. The zero-order valence-electron chi connectivity index (χ0n) is 18.1. The Kier molecular flexibility index (Phi) is 5.60. The van der Waals surface area contributed by atoms with E-state index in [-0.39, 0.29) is 6.42 Å². The quantitative estimate of drug-likeness (QED) is 0.378. The Labute approximate surface area is 195 Å². The molecule has 1 amide bonds. The van der Waals surface area contributed by atoms with E-state index in [0.29, 0.717) is 6.42 Å². The summed E-state index contributed by atoms with van der Waals surface area (Å²) < 4.78 is 6.36. The van der Waals surface area contributed by atoms with Crippen molar-refractivity contribution in [3.8, 4) is 11.1 Å². The van der Waals surface area contributed by atoms with Gasteiger partial charge in [0.1, 0.15) is 0 Å². The van der Waals surface area contributed by atoms with E-state index in [2.05, 4.69) is 11.4 Å². The van der Waals surface area contributed by atoms with E-state index in [1.165, 1.54) is 7.11 Å². The van der Waals surface area contributed by atoms with Gasteiger partial charge in [-0.25, -0.2) is 4.79 Å². The number of carbonyl (C=O) groups excluding carboxylic acids is 1. The second-order valence-corrected chi connectivity index (χ2v) is 9.08. The minimum absolute atomic E-state index is 0.180. The van der Waals surface area contributed by atoms with Crippen LogP contribution in [0.15, 0.2) is 78.2 Å². The van der Waals surface area contributed by atoms with Crippen molar-refractivity contribution in [2.24, 2.45) is 0 Å². The van der Waals surface area contributed by atoms with Gasteiger partial charge in [-0.05, 0) is 51.1 Å². The van der Waals surface area contributed by atoms with Crippen LogP contribution in [0.2, 0.25) is 0 Å². The highest BCUT2D eigenvalue weighted by Gasteiger charge is 2.40. The minimum Gasteiger partial charge on any atom is -0.481 e. The molecule has 1 aliphatic carbocycles. The minimum atomic E-state index is -0.951. The van der Waals surface area contributed by atoms with Crippen LogP contribution < -0.4 is 0 Å². The summed E-state index contributed by atoms with van der Waals surface area (Å²) in [5.74, 6) is -0.951. The molecule has 5 nitrogen and oxygen atoms in total. The number of thiophene rings is 1. The van der Waals surface area contributed by atoms with Gasteiger partial charge in [0.25, 0.3) is 0 Å². The number of ether oxygens (including phenoxy) is 1. The largest absolute Gasteiger partial charge is 0.481 e.